The molecule has 0 radical (unpaired) electrons. The summed E-state index contributed by atoms with van der Waals surface area (Å²) in [4.78, 5) is 3.82. The minimum Gasteiger partial charge on any atom is -0.358 e. The van der Waals surface area contributed by atoms with Crippen molar-refractivity contribution in [1.29, 1.82) is 0 Å². The lowest BCUT2D eigenvalue weighted by atomic mass is 9.97. The van der Waals surface area contributed by atoms with Crippen LogP contribution in [0.3, 0.4) is 0 Å². The first-order valence-electron chi connectivity index (χ1n) is 9.55. The highest BCUT2D eigenvalue weighted by Crippen LogP contribution is 2.36. The molecule has 1 aliphatic rings. The van der Waals surface area contributed by atoms with Crippen molar-refractivity contribution in [2.45, 2.75) is 64.2 Å². The van der Waals surface area contributed by atoms with Gasteiger partial charge in [0.15, 0.2) is 0 Å². The molecule has 0 atom stereocenters. The summed E-state index contributed by atoms with van der Waals surface area (Å²) in [6.07, 6.45) is 13.5. The van der Waals surface area contributed by atoms with Gasteiger partial charge in [-0.25, -0.2) is 0 Å². The van der Waals surface area contributed by atoms with E-state index in [-0.39, 0.29) is 0 Å². The molecule has 3 aromatic rings. The maximum atomic E-state index is 3.82. The maximum absolute atomic E-state index is 3.82. The topological polar surface area (TPSA) is 15.8 Å². The Morgan fingerprint density at radius 2 is 1.33 bits per heavy atom. The van der Waals surface area contributed by atoms with Crippen LogP contribution in [0.25, 0.3) is 21.7 Å². The fourth-order valence-electron chi connectivity index (χ4n) is 4.26. The molecule has 1 heterocycles. The molecule has 0 saturated heterocycles. The first-order chi connectivity index (χ1) is 11.8. The van der Waals surface area contributed by atoms with Crippen LogP contribution in [0, 0.1) is 0 Å². The van der Waals surface area contributed by atoms with Gasteiger partial charge in [0, 0.05) is 20.9 Å². The van der Waals surface area contributed by atoms with E-state index in [1.807, 2.05) is 0 Å². The first kappa shape index (κ1) is 16.2. The van der Waals surface area contributed by atoms with Gasteiger partial charge in [-0.15, -0.1) is 0 Å². The van der Waals surface area contributed by atoms with Gasteiger partial charge in [0.2, 0.25) is 0 Å². The molecule has 1 N–H and O–H groups in total. The van der Waals surface area contributed by atoms with Gasteiger partial charge >= 0.3 is 0 Å². The molecule has 0 saturated carbocycles. The molecule has 24 heavy (non-hydrogen) atoms. The highest BCUT2D eigenvalue weighted by Gasteiger charge is 2.15. The van der Waals surface area contributed by atoms with E-state index in [9.17, 15) is 0 Å². The summed E-state index contributed by atoms with van der Waals surface area (Å²) in [6, 6.07) is 11.1. The Balaban J connectivity index is 1.83. The number of halogens is 1. The molecule has 0 bridgehead atoms. The van der Waals surface area contributed by atoms with Crippen molar-refractivity contribution in [3.63, 3.8) is 0 Å². The number of benzene rings is 2. The van der Waals surface area contributed by atoms with Crippen LogP contribution in [0.2, 0.25) is 0 Å². The molecule has 0 spiro atoms. The van der Waals surface area contributed by atoms with Crippen molar-refractivity contribution in [3.05, 3.63) is 46.1 Å². The van der Waals surface area contributed by atoms with Gasteiger partial charge in [-0.05, 0) is 42.7 Å². The van der Waals surface area contributed by atoms with Crippen molar-refractivity contribution < 1.29 is 0 Å². The Morgan fingerprint density at radius 3 is 2.08 bits per heavy atom. The third-order valence-corrected chi connectivity index (χ3v) is 6.22. The summed E-state index contributed by atoms with van der Waals surface area (Å²) >= 11 is 3.80. The molecular weight excluding hydrogens is 358 g/mol. The predicted molar refractivity (Wildman–Crippen MR) is 108 cm³/mol. The minimum atomic E-state index is 1.20. The summed E-state index contributed by atoms with van der Waals surface area (Å²) in [6.45, 7) is 0. The summed E-state index contributed by atoms with van der Waals surface area (Å²) in [5.74, 6) is 0. The molecule has 2 aromatic carbocycles. The second kappa shape index (κ2) is 7.31. The van der Waals surface area contributed by atoms with Crippen LogP contribution in [-0.2, 0) is 12.8 Å². The molecule has 4 rings (SSSR count). The van der Waals surface area contributed by atoms with Crippen molar-refractivity contribution in [3.8, 4) is 0 Å². The number of hydrogen-bond donors (Lipinski definition) is 1. The molecule has 126 valence electrons. The maximum Gasteiger partial charge on any atom is 0.0539 e. The lowest BCUT2D eigenvalue weighted by Crippen LogP contribution is -1.95. The van der Waals surface area contributed by atoms with Crippen LogP contribution in [-0.4, -0.2) is 4.98 Å². The van der Waals surface area contributed by atoms with Crippen molar-refractivity contribution in [1.82, 2.24) is 4.98 Å². The van der Waals surface area contributed by atoms with Crippen molar-refractivity contribution in [2.24, 2.45) is 0 Å². The molecule has 0 unspecified atom stereocenters. The van der Waals surface area contributed by atoms with Crippen LogP contribution in [0.5, 0.6) is 0 Å². The third kappa shape index (κ3) is 3.13. The lowest BCUT2D eigenvalue weighted by molar-refractivity contribution is 0.559. The Hall–Kier alpha value is -1.28. The number of fused-ring (bicyclic) bond motifs is 5. The Morgan fingerprint density at radius 1 is 0.708 bits per heavy atom. The Kier molecular flexibility index (Phi) is 4.93. The average Bonchev–Trinajstić information content (AvgIpc) is 2.93. The normalized spacial score (nSPS) is 17.4. The number of nitrogens with one attached hydrogen (secondary N) is 1. The number of aromatic nitrogens is 1. The lowest BCUT2D eigenvalue weighted by Gasteiger charge is -2.08. The minimum absolute atomic E-state index is 1.20. The van der Waals surface area contributed by atoms with Gasteiger partial charge in [0.25, 0.3) is 0 Å². The quantitative estimate of drug-likeness (QED) is 0.418. The van der Waals surface area contributed by atoms with E-state index in [0.717, 1.165) is 0 Å². The summed E-state index contributed by atoms with van der Waals surface area (Å²) in [5.41, 5.74) is 4.42. The fraction of sp³-hybridized carbons (Fsp3) is 0.455. The molecule has 2 heteroatoms. The van der Waals surface area contributed by atoms with Crippen molar-refractivity contribution in [2.75, 3.05) is 0 Å². The van der Waals surface area contributed by atoms with Gasteiger partial charge in [-0.3, -0.25) is 0 Å². The largest absolute Gasteiger partial charge is 0.358 e. The van der Waals surface area contributed by atoms with Gasteiger partial charge in [0.05, 0.1) is 5.52 Å². The van der Waals surface area contributed by atoms with Gasteiger partial charge in [0.1, 0.15) is 0 Å². The highest BCUT2D eigenvalue weighted by atomic mass is 79.9. The van der Waals surface area contributed by atoms with E-state index in [1.54, 1.807) is 5.56 Å². The molecule has 0 fully saturated rings. The second-order valence-electron chi connectivity index (χ2n) is 7.24. The van der Waals surface area contributed by atoms with Crippen LogP contribution < -0.4 is 0 Å². The molecule has 1 aromatic heterocycles. The zero-order valence-corrected chi connectivity index (χ0v) is 15.9. The standard InChI is InChI=1S/C22H26BrN/c23-20-15-19-17-12-7-5-3-1-2-4-6-8-14-21(17)24-22(19)18-13-10-9-11-16(18)20/h9-11,13,15,24H,1-8,12,14H2. The Bertz CT molecular complexity index is 846. The van der Waals surface area contributed by atoms with E-state index >= 15 is 0 Å². The number of rotatable bonds is 0. The second-order valence-corrected chi connectivity index (χ2v) is 8.09. The van der Waals surface area contributed by atoms with Crippen LogP contribution in [0.1, 0.15) is 62.6 Å². The number of hydrogen-bond acceptors (Lipinski definition) is 0. The van der Waals surface area contributed by atoms with Crippen molar-refractivity contribution >= 4 is 37.6 Å². The average molecular weight is 384 g/mol. The SMILES string of the molecule is Brc1cc2c3c([nH]c2c2ccccc12)CCCCCCCCCC3. The predicted octanol–water partition coefficient (Wildman–Crippen LogP) is 7.30. The molecular formula is C22H26BrN. The number of H-pyrrole nitrogens is 1. The van der Waals surface area contributed by atoms with Gasteiger partial charge < -0.3 is 4.98 Å². The Labute approximate surface area is 153 Å². The van der Waals surface area contributed by atoms with E-state index < -0.39 is 0 Å². The summed E-state index contributed by atoms with van der Waals surface area (Å²) < 4.78 is 1.22. The van der Waals surface area contributed by atoms with Crippen LogP contribution >= 0.6 is 15.9 Å². The van der Waals surface area contributed by atoms with Gasteiger partial charge in [-0.2, -0.15) is 0 Å². The van der Waals surface area contributed by atoms with E-state index in [1.165, 1.54) is 96.1 Å². The monoisotopic (exact) mass is 383 g/mol. The zero-order chi connectivity index (χ0) is 16.4. The summed E-state index contributed by atoms with van der Waals surface area (Å²) in [5, 5.41) is 4.09. The number of aromatic amines is 1. The molecule has 1 aliphatic carbocycles. The zero-order valence-electron chi connectivity index (χ0n) is 14.3. The first-order valence-corrected chi connectivity index (χ1v) is 10.3. The molecule has 1 nitrogen and oxygen atoms in total. The summed E-state index contributed by atoms with van der Waals surface area (Å²) in [7, 11) is 0. The fourth-order valence-corrected chi connectivity index (χ4v) is 4.83. The van der Waals surface area contributed by atoms with E-state index in [2.05, 4.69) is 51.2 Å². The van der Waals surface area contributed by atoms with E-state index in [4.69, 9.17) is 0 Å². The highest BCUT2D eigenvalue weighted by molar-refractivity contribution is 9.10. The molecule has 0 aliphatic heterocycles. The van der Waals surface area contributed by atoms with Crippen LogP contribution in [0.4, 0.5) is 0 Å². The smallest absolute Gasteiger partial charge is 0.0539 e. The number of aryl methyl sites for hydroxylation is 2. The third-order valence-electron chi connectivity index (χ3n) is 5.56. The van der Waals surface area contributed by atoms with Gasteiger partial charge in [-0.1, -0.05) is 78.7 Å². The molecule has 0 amide bonds. The van der Waals surface area contributed by atoms with Crippen LogP contribution in [0.15, 0.2) is 34.8 Å². The van der Waals surface area contributed by atoms with E-state index in [0.29, 0.717) is 0 Å².